The zero-order valence-electron chi connectivity index (χ0n) is 9.06. The van der Waals surface area contributed by atoms with Gasteiger partial charge in [-0.1, -0.05) is 58.4 Å². The van der Waals surface area contributed by atoms with E-state index >= 15 is 0 Å². The van der Waals surface area contributed by atoms with Gasteiger partial charge in [0.2, 0.25) is 0 Å². The Morgan fingerprint density at radius 3 is 2.29 bits per heavy atom. The van der Waals surface area contributed by atoms with E-state index < -0.39 is 5.97 Å². The first kappa shape index (κ1) is 11.9. The molecule has 0 spiro atoms. The lowest BCUT2D eigenvalue weighted by atomic mass is 10.0. The smallest absolute Gasteiger partial charge is 0.307 e. The second-order valence-corrected chi connectivity index (χ2v) is 4.60. The lowest BCUT2D eigenvalue weighted by Gasteiger charge is -2.05. The van der Waals surface area contributed by atoms with Gasteiger partial charge in [-0.15, -0.1) is 0 Å². The van der Waals surface area contributed by atoms with Gasteiger partial charge in [0, 0.05) is 4.47 Å². The molecule has 2 nitrogen and oxygen atoms in total. The fourth-order valence-corrected chi connectivity index (χ4v) is 2.19. The topological polar surface area (TPSA) is 37.3 Å². The molecule has 0 bridgehead atoms. The molecule has 17 heavy (non-hydrogen) atoms. The van der Waals surface area contributed by atoms with Gasteiger partial charge in [-0.05, 0) is 22.8 Å². The van der Waals surface area contributed by atoms with Crippen LogP contribution in [0.2, 0.25) is 0 Å². The number of halogens is 1. The summed E-state index contributed by atoms with van der Waals surface area (Å²) in [5.74, 6) is -0.807. The van der Waals surface area contributed by atoms with Crippen LogP contribution >= 0.6 is 15.9 Å². The summed E-state index contributed by atoms with van der Waals surface area (Å²) in [6.07, 6.45) is 0.0657. The monoisotopic (exact) mass is 290 g/mol. The summed E-state index contributed by atoms with van der Waals surface area (Å²) in [5.41, 5.74) is 2.99. The zero-order chi connectivity index (χ0) is 12.3. The predicted octanol–water partition coefficient (Wildman–Crippen LogP) is 3.74. The van der Waals surface area contributed by atoms with Crippen molar-refractivity contribution in [1.29, 1.82) is 0 Å². The molecule has 0 saturated carbocycles. The number of carboxylic acid groups (broad SMARTS) is 1. The van der Waals surface area contributed by atoms with Crippen LogP contribution in [-0.2, 0) is 11.2 Å². The van der Waals surface area contributed by atoms with Gasteiger partial charge in [0.1, 0.15) is 0 Å². The molecule has 0 radical (unpaired) electrons. The van der Waals surface area contributed by atoms with Crippen LogP contribution in [0.4, 0.5) is 0 Å². The highest BCUT2D eigenvalue weighted by Gasteiger charge is 2.03. The van der Waals surface area contributed by atoms with E-state index in [-0.39, 0.29) is 6.42 Å². The van der Waals surface area contributed by atoms with E-state index in [1.165, 1.54) is 0 Å². The standard InChI is InChI=1S/C14H11BrO2/c15-13-4-2-1-3-12(13)11-7-5-10(6-8-11)9-14(16)17/h1-8H,9H2,(H,16,17). The fraction of sp³-hybridized carbons (Fsp3) is 0.0714. The normalized spacial score (nSPS) is 10.2. The minimum atomic E-state index is -0.807. The van der Waals surface area contributed by atoms with Gasteiger partial charge in [0.15, 0.2) is 0 Å². The molecular weight excluding hydrogens is 280 g/mol. The van der Waals surface area contributed by atoms with Crippen molar-refractivity contribution < 1.29 is 9.90 Å². The number of hydrogen-bond donors (Lipinski definition) is 1. The number of rotatable bonds is 3. The average Bonchev–Trinajstić information content (AvgIpc) is 2.30. The van der Waals surface area contributed by atoms with E-state index in [2.05, 4.69) is 15.9 Å². The Kier molecular flexibility index (Phi) is 3.59. The maximum atomic E-state index is 10.6. The summed E-state index contributed by atoms with van der Waals surface area (Å²) in [7, 11) is 0. The third-order valence-corrected chi connectivity index (χ3v) is 3.19. The van der Waals surface area contributed by atoms with Crippen molar-refractivity contribution in [1.82, 2.24) is 0 Å². The summed E-state index contributed by atoms with van der Waals surface area (Å²) >= 11 is 3.50. The van der Waals surface area contributed by atoms with Crippen LogP contribution in [0, 0.1) is 0 Å². The Labute approximate surface area is 108 Å². The second-order valence-electron chi connectivity index (χ2n) is 3.75. The van der Waals surface area contributed by atoms with Gasteiger partial charge >= 0.3 is 5.97 Å². The van der Waals surface area contributed by atoms with Crippen molar-refractivity contribution in [2.75, 3.05) is 0 Å². The van der Waals surface area contributed by atoms with Crippen molar-refractivity contribution in [2.24, 2.45) is 0 Å². The maximum Gasteiger partial charge on any atom is 0.307 e. The summed E-state index contributed by atoms with van der Waals surface area (Å²) in [4.78, 5) is 10.6. The molecule has 0 amide bonds. The van der Waals surface area contributed by atoms with E-state index in [4.69, 9.17) is 5.11 Å². The summed E-state index contributed by atoms with van der Waals surface area (Å²) in [5, 5.41) is 8.69. The van der Waals surface area contributed by atoms with Crippen LogP contribution in [0.5, 0.6) is 0 Å². The first-order valence-electron chi connectivity index (χ1n) is 5.22. The molecule has 1 N–H and O–H groups in total. The molecule has 3 heteroatoms. The molecule has 86 valence electrons. The van der Waals surface area contributed by atoms with Crippen molar-refractivity contribution >= 4 is 21.9 Å². The Morgan fingerprint density at radius 1 is 1.06 bits per heavy atom. The first-order valence-corrected chi connectivity index (χ1v) is 6.02. The van der Waals surface area contributed by atoms with Crippen molar-refractivity contribution in [3.63, 3.8) is 0 Å². The molecule has 0 aliphatic heterocycles. The second kappa shape index (κ2) is 5.15. The van der Waals surface area contributed by atoms with E-state index in [0.29, 0.717) is 0 Å². The maximum absolute atomic E-state index is 10.6. The molecule has 0 saturated heterocycles. The Hall–Kier alpha value is -1.61. The van der Waals surface area contributed by atoms with Gasteiger partial charge in [0.25, 0.3) is 0 Å². The lowest BCUT2D eigenvalue weighted by Crippen LogP contribution is -1.99. The Balaban J connectivity index is 2.30. The molecule has 0 aromatic heterocycles. The summed E-state index contributed by atoms with van der Waals surface area (Å²) in [6.45, 7) is 0. The highest BCUT2D eigenvalue weighted by atomic mass is 79.9. The van der Waals surface area contributed by atoms with Crippen LogP contribution in [0.15, 0.2) is 53.0 Å². The van der Waals surface area contributed by atoms with Crippen molar-refractivity contribution in [3.05, 3.63) is 58.6 Å². The Bertz CT molecular complexity index is 532. The molecule has 0 unspecified atom stereocenters. The van der Waals surface area contributed by atoms with Crippen LogP contribution < -0.4 is 0 Å². The molecule has 0 heterocycles. The summed E-state index contributed by atoms with van der Waals surface area (Å²) < 4.78 is 1.03. The molecular formula is C14H11BrO2. The van der Waals surface area contributed by atoms with Crippen molar-refractivity contribution in [3.8, 4) is 11.1 Å². The highest BCUT2D eigenvalue weighted by molar-refractivity contribution is 9.10. The number of aliphatic carboxylic acids is 1. The average molecular weight is 291 g/mol. The van der Waals surface area contributed by atoms with E-state index in [1.807, 2.05) is 48.5 Å². The molecule has 0 atom stereocenters. The predicted molar refractivity (Wildman–Crippen MR) is 70.9 cm³/mol. The SMILES string of the molecule is O=C(O)Cc1ccc(-c2ccccc2Br)cc1. The van der Waals surface area contributed by atoms with Crippen LogP contribution in [0.25, 0.3) is 11.1 Å². The highest BCUT2D eigenvalue weighted by Crippen LogP contribution is 2.27. The zero-order valence-corrected chi connectivity index (χ0v) is 10.6. The largest absolute Gasteiger partial charge is 0.481 e. The molecule has 0 aliphatic rings. The van der Waals surface area contributed by atoms with Crippen molar-refractivity contribution in [2.45, 2.75) is 6.42 Å². The van der Waals surface area contributed by atoms with E-state index in [0.717, 1.165) is 21.2 Å². The van der Waals surface area contributed by atoms with Crippen LogP contribution in [-0.4, -0.2) is 11.1 Å². The third-order valence-electron chi connectivity index (χ3n) is 2.49. The molecule has 2 aromatic carbocycles. The van der Waals surface area contributed by atoms with Gasteiger partial charge in [-0.2, -0.15) is 0 Å². The number of benzene rings is 2. The van der Waals surface area contributed by atoms with Crippen LogP contribution in [0.3, 0.4) is 0 Å². The van der Waals surface area contributed by atoms with Crippen LogP contribution in [0.1, 0.15) is 5.56 Å². The minimum Gasteiger partial charge on any atom is -0.481 e. The number of carbonyl (C=O) groups is 1. The molecule has 2 aromatic rings. The quantitative estimate of drug-likeness (QED) is 0.935. The third kappa shape index (κ3) is 2.94. The van der Waals surface area contributed by atoms with Gasteiger partial charge in [-0.3, -0.25) is 4.79 Å². The molecule has 2 rings (SSSR count). The van der Waals surface area contributed by atoms with Gasteiger partial charge in [-0.25, -0.2) is 0 Å². The molecule has 0 fully saturated rings. The van der Waals surface area contributed by atoms with Gasteiger partial charge < -0.3 is 5.11 Å². The Morgan fingerprint density at radius 2 is 1.71 bits per heavy atom. The van der Waals surface area contributed by atoms with E-state index in [9.17, 15) is 4.79 Å². The first-order chi connectivity index (χ1) is 8.16. The number of carboxylic acids is 1. The fourth-order valence-electron chi connectivity index (χ4n) is 1.67. The number of hydrogen-bond acceptors (Lipinski definition) is 1. The molecule has 0 aliphatic carbocycles. The minimum absolute atomic E-state index is 0.0657. The van der Waals surface area contributed by atoms with Gasteiger partial charge in [0.05, 0.1) is 6.42 Å². The van der Waals surface area contributed by atoms with E-state index in [1.54, 1.807) is 0 Å². The lowest BCUT2D eigenvalue weighted by molar-refractivity contribution is -0.136. The summed E-state index contributed by atoms with van der Waals surface area (Å²) in [6, 6.07) is 15.5.